The Kier molecular flexibility index (Phi) is 5.56. The van der Waals surface area contributed by atoms with Crippen LogP contribution in [0.5, 0.6) is 0 Å². The van der Waals surface area contributed by atoms with Crippen LogP contribution in [0.3, 0.4) is 0 Å². The van der Waals surface area contributed by atoms with Crippen molar-refractivity contribution in [2.24, 2.45) is 0 Å². The van der Waals surface area contributed by atoms with Crippen LogP contribution in [0.25, 0.3) is 0 Å². The van der Waals surface area contributed by atoms with Crippen LogP contribution in [-0.4, -0.2) is 5.91 Å². The molecule has 0 saturated heterocycles. The number of carbonyl (C=O) groups excluding carboxylic acids is 1. The second-order valence-electron chi connectivity index (χ2n) is 5.41. The molecule has 2 rings (SSSR count). The van der Waals surface area contributed by atoms with E-state index in [9.17, 15) is 4.79 Å². The Morgan fingerprint density at radius 3 is 2.33 bits per heavy atom. The Morgan fingerprint density at radius 2 is 1.71 bits per heavy atom. The van der Waals surface area contributed by atoms with Crippen molar-refractivity contribution in [3.63, 3.8) is 0 Å². The Bertz CT molecular complexity index is 560. The van der Waals surface area contributed by atoms with E-state index in [0.717, 1.165) is 17.5 Å². The van der Waals surface area contributed by atoms with Crippen LogP contribution in [0.15, 0.2) is 54.6 Å². The van der Waals surface area contributed by atoms with Crippen LogP contribution in [0.2, 0.25) is 0 Å². The SMILES string of the molecule is CCCCc1ccc(C(=O)NC(C)c2ccccc2)cc1. The van der Waals surface area contributed by atoms with Crippen molar-refractivity contribution in [3.8, 4) is 0 Å². The summed E-state index contributed by atoms with van der Waals surface area (Å²) in [6.45, 7) is 4.19. The molecule has 0 saturated carbocycles. The second-order valence-corrected chi connectivity index (χ2v) is 5.41. The molecule has 0 fully saturated rings. The molecule has 21 heavy (non-hydrogen) atoms. The van der Waals surface area contributed by atoms with Gasteiger partial charge in [0.25, 0.3) is 5.91 Å². The molecule has 0 heterocycles. The molecule has 2 heteroatoms. The van der Waals surface area contributed by atoms with Gasteiger partial charge in [0.15, 0.2) is 0 Å². The molecule has 2 nitrogen and oxygen atoms in total. The number of nitrogens with one attached hydrogen (secondary N) is 1. The summed E-state index contributed by atoms with van der Waals surface area (Å²) in [6.07, 6.45) is 3.46. The van der Waals surface area contributed by atoms with E-state index >= 15 is 0 Å². The maximum atomic E-state index is 12.2. The van der Waals surface area contributed by atoms with Crippen molar-refractivity contribution in [2.75, 3.05) is 0 Å². The molecule has 0 aliphatic rings. The number of aryl methyl sites for hydroxylation is 1. The number of benzene rings is 2. The van der Waals surface area contributed by atoms with Crippen LogP contribution in [0, 0.1) is 0 Å². The van der Waals surface area contributed by atoms with Crippen molar-refractivity contribution in [1.82, 2.24) is 5.32 Å². The molecular formula is C19H23NO. The molecule has 0 aliphatic heterocycles. The summed E-state index contributed by atoms with van der Waals surface area (Å²) >= 11 is 0. The standard InChI is InChI=1S/C19H23NO/c1-3-4-8-16-11-13-18(14-12-16)19(21)20-15(2)17-9-6-5-7-10-17/h5-7,9-15H,3-4,8H2,1-2H3,(H,20,21). The molecule has 0 radical (unpaired) electrons. The van der Waals surface area contributed by atoms with Gasteiger partial charge in [-0.05, 0) is 43.0 Å². The van der Waals surface area contributed by atoms with Gasteiger partial charge in [0.05, 0.1) is 6.04 Å². The maximum absolute atomic E-state index is 12.2. The predicted molar refractivity (Wildman–Crippen MR) is 87.4 cm³/mol. The lowest BCUT2D eigenvalue weighted by Gasteiger charge is -2.14. The van der Waals surface area contributed by atoms with E-state index in [1.807, 2.05) is 49.4 Å². The van der Waals surface area contributed by atoms with Crippen molar-refractivity contribution in [3.05, 3.63) is 71.3 Å². The molecule has 0 aliphatic carbocycles. The van der Waals surface area contributed by atoms with E-state index < -0.39 is 0 Å². The van der Waals surface area contributed by atoms with Crippen molar-refractivity contribution < 1.29 is 4.79 Å². The minimum atomic E-state index is -0.0200. The Morgan fingerprint density at radius 1 is 1.05 bits per heavy atom. The minimum absolute atomic E-state index is 0.0125. The van der Waals surface area contributed by atoms with Gasteiger partial charge in [-0.25, -0.2) is 0 Å². The van der Waals surface area contributed by atoms with Gasteiger partial charge >= 0.3 is 0 Å². The van der Waals surface area contributed by atoms with Gasteiger partial charge in [0.1, 0.15) is 0 Å². The van der Waals surface area contributed by atoms with Crippen LogP contribution in [0.1, 0.15) is 54.2 Å². The number of rotatable bonds is 6. The number of amides is 1. The third-order valence-corrected chi connectivity index (χ3v) is 3.68. The van der Waals surface area contributed by atoms with Gasteiger partial charge in [0, 0.05) is 5.56 Å². The predicted octanol–water partition coefficient (Wildman–Crippen LogP) is 4.52. The van der Waals surface area contributed by atoms with E-state index in [1.165, 1.54) is 18.4 Å². The lowest BCUT2D eigenvalue weighted by atomic mass is 10.1. The third kappa shape index (κ3) is 4.45. The number of carbonyl (C=O) groups is 1. The minimum Gasteiger partial charge on any atom is -0.346 e. The van der Waals surface area contributed by atoms with Gasteiger partial charge in [-0.1, -0.05) is 55.8 Å². The van der Waals surface area contributed by atoms with Crippen molar-refractivity contribution >= 4 is 5.91 Å². The van der Waals surface area contributed by atoms with Crippen LogP contribution in [-0.2, 0) is 6.42 Å². The fourth-order valence-electron chi connectivity index (χ4n) is 2.31. The van der Waals surface area contributed by atoms with Gasteiger partial charge in [-0.15, -0.1) is 0 Å². The largest absolute Gasteiger partial charge is 0.346 e. The van der Waals surface area contributed by atoms with Crippen LogP contribution >= 0.6 is 0 Å². The lowest BCUT2D eigenvalue weighted by molar-refractivity contribution is 0.0940. The monoisotopic (exact) mass is 281 g/mol. The first-order valence-electron chi connectivity index (χ1n) is 7.65. The van der Waals surface area contributed by atoms with Crippen molar-refractivity contribution in [1.29, 1.82) is 0 Å². The zero-order chi connectivity index (χ0) is 15.1. The smallest absolute Gasteiger partial charge is 0.251 e. The molecule has 2 aromatic rings. The number of unbranched alkanes of at least 4 members (excludes halogenated alkanes) is 1. The average molecular weight is 281 g/mol. The normalized spacial score (nSPS) is 11.9. The average Bonchev–Trinajstić information content (AvgIpc) is 2.54. The molecule has 1 unspecified atom stereocenters. The molecule has 110 valence electrons. The van der Waals surface area contributed by atoms with Crippen molar-refractivity contribution in [2.45, 2.75) is 39.2 Å². The lowest BCUT2D eigenvalue weighted by Crippen LogP contribution is -2.26. The molecular weight excluding hydrogens is 258 g/mol. The van der Waals surface area contributed by atoms with Gasteiger partial charge < -0.3 is 5.32 Å². The summed E-state index contributed by atoms with van der Waals surface area (Å²) in [5.41, 5.74) is 3.13. The third-order valence-electron chi connectivity index (χ3n) is 3.68. The van der Waals surface area contributed by atoms with E-state index in [0.29, 0.717) is 0 Å². The topological polar surface area (TPSA) is 29.1 Å². The highest BCUT2D eigenvalue weighted by molar-refractivity contribution is 5.94. The maximum Gasteiger partial charge on any atom is 0.251 e. The van der Waals surface area contributed by atoms with E-state index in [-0.39, 0.29) is 11.9 Å². The summed E-state index contributed by atoms with van der Waals surface area (Å²) in [5.74, 6) is -0.0200. The molecule has 1 amide bonds. The summed E-state index contributed by atoms with van der Waals surface area (Å²) in [6, 6.07) is 18.0. The molecule has 0 bridgehead atoms. The fraction of sp³-hybridized carbons (Fsp3) is 0.316. The van der Waals surface area contributed by atoms with E-state index in [2.05, 4.69) is 24.4 Å². The molecule has 1 N–H and O–H groups in total. The molecule has 0 spiro atoms. The summed E-state index contributed by atoms with van der Waals surface area (Å²) in [7, 11) is 0. The van der Waals surface area contributed by atoms with Gasteiger partial charge in [-0.2, -0.15) is 0 Å². The Hall–Kier alpha value is -2.09. The second kappa shape index (κ2) is 7.63. The van der Waals surface area contributed by atoms with Crippen LogP contribution in [0.4, 0.5) is 0 Å². The molecule has 1 atom stereocenters. The fourth-order valence-corrected chi connectivity index (χ4v) is 2.31. The first-order valence-corrected chi connectivity index (χ1v) is 7.65. The number of hydrogen-bond acceptors (Lipinski definition) is 1. The molecule has 2 aromatic carbocycles. The number of hydrogen-bond donors (Lipinski definition) is 1. The van der Waals surface area contributed by atoms with Gasteiger partial charge in [-0.3, -0.25) is 4.79 Å². The summed E-state index contributed by atoms with van der Waals surface area (Å²) in [4.78, 5) is 12.2. The Balaban J connectivity index is 1.97. The summed E-state index contributed by atoms with van der Waals surface area (Å²) in [5, 5.41) is 3.04. The zero-order valence-electron chi connectivity index (χ0n) is 12.8. The zero-order valence-corrected chi connectivity index (χ0v) is 12.8. The molecule has 0 aromatic heterocycles. The van der Waals surface area contributed by atoms with Gasteiger partial charge in [0.2, 0.25) is 0 Å². The summed E-state index contributed by atoms with van der Waals surface area (Å²) < 4.78 is 0. The first-order chi connectivity index (χ1) is 10.2. The van der Waals surface area contributed by atoms with E-state index in [1.54, 1.807) is 0 Å². The first kappa shape index (κ1) is 15.3. The van der Waals surface area contributed by atoms with Crippen LogP contribution < -0.4 is 5.32 Å². The highest BCUT2D eigenvalue weighted by Crippen LogP contribution is 2.13. The Labute approximate surface area is 127 Å². The highest BCUT2D eigenvalue weighted by atomic mass is 16.1. The quantitative estimate of drug-likeness (QED) is 0.828. The highest BCUT2D eigenvalue weighted by Gasteiger charge is 2.10. The van der Waals surface area contributed by atoms with E-state index in [4.69, 9.17) is 0 Å².